The van der Waals surface area contributed by atoms with Crippen LogP contribution in [0.5, 0.6) is 0 Å². The van der Waals surface area contributed by atoms with Crippen molar-refractivity contribution in [1.82, 2.24) is 15.0 Å². The third kappa shape index (κ3) is 5.13. The fourth-order valence-corrected chi connectivity index (χ4v) is 6.43. The van der Waals surface area contributed by atoms with Gasteiger partial charge in [0.1, 0.15) is 5.69 Å². The molecule has 4 aromatic rings. The van der Waals surface area contributed by atoms with Crippen molar-refractivity contribution in [3.05, 3.63) is 87.6 Å². The van der Waals surface area contributed by atoms with Crippen molar-refractivity contribution in [2.45, 2.75) is 92.1 Å². The lowest BCUT2D eigenvalue weighted by Crippen LogP contribution is -2.32. The van der Waals surface area contributed by atoms with E-state index >= 15 is 0 Å². The van der Waals surface area contributed by atoms with Crippen LogP contribution in [0.1, 0.15) is 109 Å². The molecule has 0 aliphatic carbocycles. The lowest BCUT2D eigenvalue weighted by molar-refractivity contribution is 0.0243. The van der Waals surface area contributed by atoms with Crippen molar-refractivity contribution in [3.8, 4) is 0 Å². The van der Waals surface area contributed by atoms with Gasteiger partial charge in [-0.25, -0.2) is 14.8 Å². The van der Waals surface area contributed by atoms with E-state index in [9.17, 15) is 4.79 Å². The Morgan fingerprint density at radius 2 is 1.54 bits per heavy atom. The van der Waals surface area contributed by atoms with Gasteiger partial charge >= 0.3 is 5.97 Å². The molecule has 1 aliphatic rings. The summed E-state index contributed by atoms with van der Waals surface area (Å²) in [4.78, 5) is 29.2. The van der Waals surface area contributed by atoms with Gasteiger partial charge in [-0.05, 0) is 71.2 Å². The standard InChI is InChI=1S/C35H44N4O2/c1-7-10-11-12-13-14-16-26-17-15-18-29-30(26)31(25(6)36-29)35(27-19-21-28(22-20-27)39(8-2)9-3)33-32(34(40)41-35)37-23(4)24(5)38-33/h15,17-22,36H,7-14,16H2,1-6H3. The van der Waals surface area contributed by atoms with Gasteiger partial charge < -0.3 is 14.6 Å². The molecule has 0 saturated carbocycles. The van der Waals surface area contributed by atoms with Gasteiger partial charge in [-0.1, -0.05) is 63.3 Å². The predicted molar refractivity (Wildman–Crippen MR) is 167 cm³/mol. The fourth-order valence-electron chi connectivity index (χ4n) is 6.43. The molecule has 0 spiro atoms. The zero-order valence-electron chi connectivity index (χ0n) is 25.6. The van der Waals surface area contributed by atoms with Gasteiger partial charge in [0, 0.05) is 46.5 Å². The number of aryl methyl sites for hydroxylation is 4. The lowest BCUT2D eigenvalue weighted by atomic mass is 9.80. The van der Waals surface area contributed by atoms with Crippen LogP contribution in [-0.2, 0) is 16.8 Å². The number of fused-ring (bicyclic) bond motifs is 2. The highest BCUT2D eigenvalue weighted by Crippen LogP contribution is 2.50. The third-order valence-electron chi connectivity index (χ3n) is 8.73. The minimum absolute atomic E-state index is 0.308. The normalized spacial score (nSPS) is 16.3. The van der Waals surface area contributed by atoms with Gasteiger partial charge in [0.2, 0.25) is 5.60 Å². The molecule has 6 heteroatoms. The van der Waals surface area contributed by atoms with E-state index in [-0.39, 0.29) is 0 Å². The minimum Gasteiger partial charge on any atom is -0.438 e. The second kappa shape index (κ2) is 12.1. The van der Waals surface area contributed by atoms with Crippen molar-refractivity contribution >= 4 is 22.6 Å². The summed E-state index contributed by atoms with van der Waals surface area (Å²) < 4.78 is 6.53. The fraction of sp³-hybridized carbons (Fsp3) is 0.457. The van der Waals surface area contributed by atoms with E-state index in [4.69, 9.17) is 14.7 Å². The molecule has 2 aromatic heterocycles. The number of H-pyrrole nitrogens is 1. The monoisotopic (exact) mass is 552 g/mol. The first kappa shape index (κ1) is 28.8. The molecule has 1 N–H and O–H groups in total. The van der Waals surface area contributed by atoms with E-state index < -0.39 is 11.6 Å². The largest absolute Gasteiger partial charge is 0.438 e. The average molecular weight is 553 g/mol. The number of carbonyl (C=O) groups is 1. The van der Waals surface area contributed by atoms with Crippen LogP contribution < -0.4 is 4.90 Å². The number of carbonyl (C=O) groups excluding carboxylic acids is 1. The number of unbranched alkanes of at least 4 members (excludes halogenated alkanes) is 5. The van der Waals surface area contributed by atoms with E-state index in [1.807, 2.05) is 13.8 Å². The van der Waals surface area contributed by atoms with Crippen molar-refractivity contribution < 1.29 is 9.53 Å². The second-order valence-electron chi connectivity index (χ2n) is 11.4. The molecule has 0 radical (unpaired) electrons. The summed E-state index contributed by atoms with van der Waals surface area (Å²) in [5, 5.41) is 1.13. The Balaban J connectivity index is 1.70. The number of benzene rings is 2. The number of esters is 1. The van der Waals surface area contributed by atoms with Gasteiger partial charge in [-0.3, -0.25) is 0 Å². The Labute approximate surface area is 244 Å². The van der Waals surface area contributed by atoms with Gasteiger partial charge in [-0.2, -0.15) is 0 Å². The number of hydrogen-bond donors (Lipinski definition) is 1. The number of nitrogens with zero attached hydrogens (tertiary/aromatic N) is 3. The average Bonchev–Trinajstić information content (AvgIpc) is 3.46. The highest BCUT2D eigenvalue weighted by Gasteiger charge is 2.53. The first-order valence-electron chi connectivity index (χ1n) is 15.4. The van der Waals surface area contributed by atoms with Gasteiger partial charge in [0.15, 0.2) is 5.69 Å². The zero-order valence-corrected chi connectivity index (χ0v) is 25.6. The van der Waals surface area contributed by atoms with Crippen LogP contribution in [0.25, 0.3) is 10.9 Å². The summed E-state index contributed by atoms with van der Waals surface area (Å²) in [5.41, 5.74) is 7.54. The number of aromatic nitrogens is 3. The number of hydrogen-bond acceptors (Lipinski definition) is 5. The molecule has 5 rings (SSSR count). The minimum atomic E-state index is -1.20. The highest BCUT2D eigenvalue weighted by atomic mass is 16.6. The van der Waals surface area contributed by atoms with E-state index in [2.05, 4.69) is 80.0 Å². The predicted octanol–water partition coefficient (Wildman–Crippen LogP) is 8.09. The second-order valence-corrected chi connectivity index (χ2v) is 11.4. The third-order valence-corrected chi connectivity index (χ3v) is 8.73. The van der Waals surface area contributed by atoms with E-state index in [1.165, 1.54) is 37.7 Å². The van der Waals surface area contributed by atoms with Crippen LogP contribution >= 0.6 is 0 Å². The molecule has 3 heterocycles. The van der Waals surface area contributed by atoms with E-state index in [1.54, 1.807) is 0 Å². The number of nitrogens with one attached hydrogen (secondary N) is 1. The molecule has 0 saturated heterocycles. The molecular weight excluding hydrogens is 508 g/mol. The molecule has 1 atom stereocenters. The molecule has 1 aliphatic heterocycles. The summed E-state index contributed by atoms with van der Waals surface area (Å²) in [6.07, 6.45) is 8.45. The molecule has 216 valence electrons. The van der Waals surface area contributed by atoms with Crippen molar-refractivity contribution in [2.75, 3.05) is 18.0 Å². The maximum atomic E-state index is 13.6. The first-order chi connectivity index (χ1) is 19.8. The number of anilines is 1. The molecule has 0 amide bonds. The quantitative estimate of drug-likeness (QED) is 0.142. The lowest BCUT2D eigenvalue weighted by Gasteiger charge is -2.31. The molecular formula is C35H44N4O2. The SMILES string of the molecule is CCCCCCCCc1cccc2[nH]c(C)c(C3(c4ccc(N(CC)CC)cc4)OC(=O)c4nc(C)c(C)nc43)c12. The molecule has 1 unspecified atom stereocenters. The molecule has 0 bridgehead atoms. The van der Waals surface area contributed by atoms with Crippen molar-refractivity contribution in [3.63, 3.8) is 0 Å². The van der Waals surface area contributed by atoms with Crippen molar-refractivity contribution in [2.24, 2.45) is 0 Å². The summed E-state index contributed by atoms with van der Waals surface area (Å²) in [6.45, 7) is 14.3. The number of rotatable bonds is 12. The molecule has 41 heavy (non-hydrogen) atoms. The molecule has 6 nitrogen and oxygen atoms in total. The van der Waals surface area contributed by atoms with Crippen LogP contribution in [0.4, 0.5) is 5.69 Å². The topological polar surface area (TPSA) is 71.1 Å². The van der Waals surface area contributed by atoms with E-state index in [0.717, 1.165) is 70.7 Å². The van der Waals surface area contributed by atoms with E-state index in [0.29, 0.717) is 11.4 Å². The Morgan fingerprint density at radius 1 is 0.854 bits per heavy atom. The maximum absolute atomic E-state index is 13.6. The number of aromatic amines is 1. The maximum Gasteiger partial charge on any atom is 0.360 e. The first-order valence-corrected chi connectivity index (χ1v) is 15.4. The van der Waals surface area contributed by atoms with Crippen molar-refractivity contribution in [1.29, 1.82) is 0 Å². The smallest absolute Gasteiger partial charge is 0.360 e. The Hall–Kier alpha value is -3.67. The Bertz CT molecular complexity index is 1530. The Kier molecular flexibility index (Phi) is 8.48. The highest BCUT2D eigenvalue weighted by molar-refractivity contribution is 5.97. The van der Waals surface area contributed by atoms with Gasteiger partial charge in [0.05, 0.1) is 11.4 Å². The summed E-state index contributed by atoms with van der Waals surface area (Å²) >= 11 is 0. The van der Waals surface area contributed by atoms with Crippen LogP contribution in [0, 0.1) is 20.8 Å². The van der Waals surface area contributed by atoms with Crippen LogP contribution in [-0.4, -0.2) is 34.0 Å². The summed E-state index contributed by atoms with van der Waals surface area (Å²) in [6, 6.07) is 14.9. The van der Waals surface area contributed by atoms with Gasteiger partial charge in [0.25, 0.3) is 0 Å². The summed E-state index contributed by atoms with van der Waals surface area (Å²) in [7, 11) is 0. The Morgan fingerprint density at radius 3 is 2.24 bits per heavy atom. The van der Waals surface area contributed by atoms with Gasteiger partial charge in [-0.15, -0.1) is 0 Å². The van der Waals surface area contributed by atoms with Crippen LogP contribution in [0.2, 0.25) is 0 Å². The number of ether oxygens (including phenoxy) is 1. The zero-order chi connectivity index (χ0) is 29.1. The van der Waals surface area contributed by atoms with Crippen LogP contribution in [0.15, 0.2) is 42.5 Å². The summed E-state index contributed by atoms with van der Waals surface area (Å²) in [5.74, 6) is -0.425. The van der Waals surface area contributed by atoms with Crippen LogP contribution in [0.3, 0.4) is 0 Å². The molecule has 0 fully saturated rings. The molecule has 2 aromatic carbocycles. The number of cyclic esters (lactones) is 1.